The molecule has 0 aromatic heterocycles. The monoisotopic (exact) mass is 264 g/mol. The minimum absolute atomic E-state index is 0.232. The van der Waals surface area contributed by atoms with Crippen molar-refractivity contribution >= 4 is 5.91 Å². The highest BCUT2D eigenvalue weighted by Crippen LogP contribution is 2.47. The average molecular weight is 264 g/mol. The number of nitrogens with one attached hydrogen (secondary N) is 1. The first kappa shape index (κ1) is 12.2. The van der Waals surface area contributed by atoms with Crippen molar-refractivity contribution < 1.29 is 9.53 Å². The first-order valence-electron chi connectivity index (χ1n) is 7.92. The van der Waals surface area contributed by atoms with Gasteiger partial charge in [0.15, 0.2) is 0 Å². The van der Waals surface area contributed by atoms with Crippen LogP contribution in [0.1, 0.15) is 32.1 Å². The molecule has 1 amide bonds. The maximum atomic E-state index is 12.7. The minimum atomic E-state index is -0.232. The van der Waals surface area contributed by atoms with Crippen LogP contribution < -0.4 is 5.32 Å². The van der Waals surface area contributed by atoms with E-state index < -0.39 is 0 Å². The molecule has 5 rings (SSSR count). The summed E-state index contributed by atoms with van der Waals surface area (Å²) in [6.45, 7) is 3.24. The molecule has 1 N–H and O–H groups in total. The van der Waals surface area contributed by atoms with Gasteiger partial charge in [-0.1, -0.05) is 0 Å². The predicted octanol–water partition coefficient (Wildman–Crippen LogP) is 1.01. The van der Waals surface area contributed by atoms with Crippen LogP contribution in [0.2, 0.25) is 0 Å². The van der Waals surface area contributed by atoms with E-state index in [-0.39, 0.29) is 12.0 Å². The van der Waals surface area contributed by atoms with E-state index in [0.29, 0.717) is 19.2 Å². The molecule has 3 unspecified atom stereocenters. The Balaban J connectivity index is 1.52. The molecule has 3 saturated heterocycles. The fraction of sp³-hybridized carbons (Fsp3) is 0.933. The predicted molar refractivity (Wildman–Crippen MR) is 71.7 cm³/mol. The summed E-state index contributed by atoms with van der Waals surface area (Å²) in [5.74, 6) is 2.80. The van der Waals surface area contributed by atoms with E-state index in [1.54, 1.807) is 0 Å². The summed E-state index contributed by atoms with van der Waals surface area (Å²) in [6, 6.07) is 0.509. The van der Waals surface area contributed by atoms with E-state index in [2.05, 4.69) is 10.2 Å². The highest BCUT2D eigenvalue weighted by atomic mass is 16.5. The molecule has 2 aliphatic carbocycles. The van der Waals surface area contributed by atoms with Gasteiger partial charge < -0.3 is 15.0 Å². The van der Waals surface area contributed by atoms with Crippen LogP contribution >= 0.6 is 0 Å². The number of rotatable bonds is 1. The van der Waals surface area contributed by atoms with Gasteiger partial charge in [0.05, 0.1) is 6.61 Å². The zero-order valence-corrected chi connectivity index (χ0v) is 11.5. The van der Waals surface area contributed by atoms with E-state index >= 15 is 0 Å². The van der Waals surface area contributed by atoms with Crippen molar-refractivity contribution in [2.45, 2.75) is 44.2 Å². The lowest BCUT2D eigenvalue weighted by Gasteiger charge is -2.39. The normalized spacial score (nSPS) is 45.3. The van der Waals surface area contributed by atoms with Gasteiger partial charge in [0, 0.05) is 25.7 Å². The second kappa shape index (κ2) is 4.74. The SMILES string of the molecule is O=C(C1CNCCO1)N1CC2CC3CC(C2)CC1C3. The molecular weight excluding hydrogens is 240 g/mol. The highest BCUT2D eigenvalue weighted by molar-refractivity contribution is 5.81. The van der Waals surface area contributed by atoms with Crippen LogP contribution in [0, 0.1) is 17.8 Å². The lowest BCUT2D eigenvalue weighted by molar-refractivity contribution is -0.148. The van der Waals surface area contributed by atoms with Crippen LogP contribution in [0.25, 0.3) is 0 Å². The summed E-state index contributed by atoms with van der Waals surface area (Å²) < 4.78 is 5.67. The van der Waals surface area contributed by atoms with Crippen molar-refractivity contribution in [1.29, 1.82) is 0 Å². The van der Waals surface area contributed by atoms with Crippen LogP contribution in [0.4, 0.5) is 0 Å². The van der Waals surface area contributed by atoms with Gasteiger partial charge >= 0.3 is 0 Å². The number of carbonyl (C=O) groups is 1. The quantitative estimate of drug-likeness (QED) is 0.768. The van der Waals surface area contributed by atoms with Gasteiger partial charge in [-0.05, 0) is 49.9 Å². The fourth-order valence-corrected chi connectivity index (χ4v) is 4.96. The van der Waals surface area contributed by atoms with E-state index in [1.165, 1.54) is 32.1 Å². The standard InChI is InChI=1S/C15H24N2O2/c18-15(14-8-16-1-2-19-14)17-9-12-4-10-3-11(5-12)7-13(17)6-10/h10-14,16H,1-9H2. The largest absolute Gasteiger partial charge is 0.366 e. The first-order chi connectivity index (χ1) is 9.29. The van der Waals surface area contributed by atoms with E-state index in [1.807, 2.05) is 0 Å². The second-order valence-electron chi connectivity index (χ2n) is 6.98. The van der Waals surface area contributed by atoms with Crippen LogP contribution in [-0.4, -0.2) is 49.2 Å². The number of carbonyl (C=O) groups excluding carboxylic acids is 1. The molecule has 3 heterocycles. The van der Waals surface area contributed by atoms with Crippen molar-refractivity contribution in [3.05, 3.63) is 0 Å². The zero-order chi connectivity index (χ0) is 12.8. The maximum absolute atomic E-state index is 12.7. The van der Waals surface area contributed by atoms with Crippen molar-refractivity contribution in [3.63, 3.8) is 0 Å². The molecule has 2 saturated carbocycles. The Hall–Kier alpha value is -0.610. The molecule has 0 aromatic rings. The summed E-state index contributed by atoms with van der Waals surface area (Å²) in [5.41, 5.74) is 0. The lowest BCUT2D eigenvalue weighted by atomic mass is 9.68. The second-order valence-corrected chi connectivity index (χ2v) is 6.98. The molecule has 5 fully saturated rings. The third kappa shape index (κ3) is 2.19. The minimum Gasteiger partial charge on any atom is -0.366 e. The third-order valence-electron chi connectivity index (χ3n) is 5.59. The summed E-state index contributed by atoms with van der Waals surface area (Å²) in [4.78, 5) is 14.9. The molecule has 4 nitrogen and oxygen atoms in total. The van der Waals surface area contributed by atoms with Gasteiger partial charge in [-0.3, -0.25) is 4.79 Å². The Bertz CT molecular complexity index is 353. The number of hydrogen-bond acceptors (Lipinski definition) is 3. The topological polar surface area (TPSA) is 41.6 Å². The van der Waals surface area contributed by atoms with Crippen molar-refractivity contribution in [3.8, 4) is 0 Å². The summed E-state index contributed by atoms with van der Waals surface area (Å²) in [6.07, 6.45) is 6.42. The van der Waals surface area contributed by atoms with Crippen LogP contribution in [0.15, 0.2) is 0 Å². The Morgan fingerprint density at radius 3 is 2.47 bits per heavy atom. The summed E-state index contributed by atoms with van der Waals surface area (Å²) in [7, 11) is 0. The molecular formula is C15H24N2O2. The number of nitrogens with zero attached hydrogens (tertiary/aromatic N) is 1. The number of amides is 1. The van der Waals surface area contributed by atoms with Crippen LogP contribution in [0.5, 0.6) is 0 Å². The Morgan fingerprint density at radius 2 is 1.79 bits per heavy atom. The number of hydrogen-bond donors (Lipinski definition) is 1. The fourth-order valence-electron chi connectivity index (χ4n) is 4.96. The molecule has 0 spiro atoms. The summed E-state index contributed by atoms with van der Waals surface area (Å²) in [5, 5.41) is 3.28. The highest BCUT2D eigenvalue weighted by Gasteiger charge is 2.45. The molecule has 19 heavy (non-hydrogen) atoms. The van der Waals surface area contributed by atoms with Gasteiger partial charge in [-0.25, -0.2) is 0 Å². The van der Waals surface area contributed by atoms with Crippen molar-refractivity contribution in [1.82, 2.24) is 10.2 Å². The Kier molecular flexibility index (Phi) is 3.03. The molecule has 4 bridgehead atoms. The Morgan fingerprint density at radius 1 is 1.05 bits per heavy atom. The maximum Gasteiger partial charge on any atom is 0.253 e. The van der Waals surface area contributed by atoms with Crippen molar-refractivity contribution in [2.24, 2.45) is 17.8 Å². The van der Waals surface area contributed by atoms with E-state index in [9.17, 15) is 4.79 Å². The summed E-state index contributed by atoms with van der Waals surface area (Å²) >= 11 is 0. The molecule has 3 aliphatic heterocycles. The average Bonchev–Trinajstić information content (AvgIpc) is 2.63. The smallest absolute Gasteiger partial charge is 0.253 e. The van der Waals surface area contributed by atoms with Gasteiger partial charge in [-0.2, -0.15) is 0 Å². The van der Waals surface area contributed by atoms with Gasteiger partial charge in [0.1, 0.15) is 6.10 Å². The number of morpholine rings is 1. The molecule has 4 heteroatoms. The number of fused-ring (bicyclic) bond motifs is 1. The first-order valence-corrected chi connectivity index (χ1v) is 7.92. The lowest BCUT2D eigenvalue weighted by Crippen LogP contribution is -2.52. The number of ether oxygens (including phenoxy) is 1. The molecule has 3 atom stereocenters. The zero-order valence-electron chi connectivity index (χ0n) is 11.5. The van der Waals surface area contributed by atoms with Crippen LogP contribution in [0.3, 0.4) is 0 Å². The van der Waals surface area contributed by atoms with E-state index in [4.69, 9.17) is 4.74 Å². The molecule has 0 radical (unpaired) electrons. The third-order valence-corrected chi connectivity index (χ3v) is 5.59. The molecule has 0 aromatic carbocycles. The van der Waals surface area contributed by atoms with Gasteiger partial charge in [0.25, 0.3) is 5.91 Å². The Labute approximate surface area is 114 Å². The van der Waals surface area contributed by atoms with Gasteiger partial charge in [-0.15, -0.1) is 0 Å². The van der Waals surface area contributed by atoms with E-state index in [0.717, 1.165) is 30.8 Å². The molecule has 106 valence electrons. The van der Waals surface area contributed by atoms with Gasteiger partial charge in [0.2, 0.25) is 0 Å². The van der Waals surface area contributed by atoms with Crippen LogP contribution in [-0.2, 0) is 9.53 Å². The van der Waals surface area contributed by atoms with Crippen molar-refractivity contribution in [2.75, 3.05) is 26.2 Å². The molecule has 5 aliphatic rings.